The van der Waals surface area contributed by atoms with E-state index in [1.807, 2.05) is 18.2 Å². The molecule has 1 saturated heterocycles. The summed E-state index contributed by atoms with van der Waals surface area (Å²) in [6, 6.07) is 12.2. The van der Waals surface area contributed by atoms with Gasteiger partial charge in [0.1, 0.15) is 23.4 Å². The van der Waals surface area contributed by atoms with Crippen LogP contribution in [0.1, 0.15) is 24.4 Å². The molecule has 1 amide bonds. The number of carbonyl (C=O) groups is 1. The molecule has 2 aromatic carbocycles. The number of rotatable bonds is 6. The Kier molecular flexibility index (Phi) is 5.73. The van der Waals surface area contributed by atoms with Crippen molar-refractivity contribution in [1.82, 2.24) is 0 Å². The van der Waals surface area contributed by atoms with E-state index in [0.29, 0.717) is 0 Å². The number of ether oxygens (including phenoxy) is 2. The molecule has 26 heavy (non-hydrogen) atoms. The van der Waals surface area contributed by atoms with Crippen LogP contribution in [0.4, 0.5) is 10.1 Å². The minimum atomic E-state index is -0.425. The first-order valence-corrected chi connectivity index (χ1v) is 8.73. The van der Waals surface area contributed by atoms with Crippen LogP contribution in [-0.4, -0.2) is 33.2 Å². The van der Waals surface area contributed by atoms with Crippen molar-refractivity contribution in [1.29, 1.82) is 0 Å². The molecule has 1 unspecified atom stereocenters. The Bertz CT molecular complexity index is 781. The number of hydrogen-bond acceptors (Lipinski definition) is 3. The van der Waals surface area contributed by atoms with Crippen LogP contribution in [0.5, 0.6) is 11.5 Å². The van der Waals surface area contributed by atoms with Gasteiger partial charge in [-0.25, -0.2) is 4.39 Å². The zero-order chi connectivity index (χ0) is 18.5. The summed E-state index contributed by atoms with van der Waals surface area (Å²) < 4.78 is 24.5. The number of carbonyl (C=O) groups excluding carboxylic acids is 1. The lowest BCUT2D eigenvalue weighted by atomic mass is 10.0. The molecule has 3 rings (SSSR count). The maximum absolute atomic E-state index is 13.7. The van der Waals surface area contributed by atoms with Crippen molar-refractivity contribution in [2.45, 2.75) is 18.9 Å². The van der Waals surface area contributed by atoms with Crippen molar-refractivity contribution in [3.05, 3.63) is 53.8 Å². The highest BCUT2D eigenvalue weighted by Crippen LogP contribution is 2.31. The summed E-state index contributed by atoms with van der Waals surface area (Å²) in [5.74, 6) is 0.890. The molecule has 0 aliphatic carbocycles. The number of methoxy groups -OCH3 is 2. The second-order valence-corrected chi connectivity index (χ2v) is 6.42. The summed E-state index contributed by atoms with van der Waals surface area (Å²) >= 11 is 0. The summed E-state index contributed by atoms with van der Waals surface area (Å²) in [4.78, 5) is 13.6. The summed E-state index contributed by atoms with van der Waals surface area (Å²) in [7, 11) is 3.26. The van der Waals surface area contributed by atoms with Crippen LogP contribution >= 0.6 is 0 Å². The summed E-state index contributed by atoms with van der Waals surface area (Å²) in [5.41, 5.74) is 1.29. The third kappa shape index (κ3) is 3.96. The number of halogens is 1. The fourth-order valence-corrected chi connectivity index (χ4v) is 3.57. The Hall–Kier alpha value is -2.60. The van der Waals surface area contributed by atoms with Crippen molar-refractivity contribution < 1.29 is 23.6 Å². The highest BCUT2D eigenvalue weighted by atomic mass is 19.1. The second kappa shape index (κ2) is 8.19. The zero-order valence-electron chi connectivity index (χ0n) is 15.0. The van der Waals surface area contributed by atoms with Crippen molar-refractivity contribution in [2.75, 3.05) is 32.6 Å². The molecule has 0 radical (unpaired) electrons. The monoisotopic (exact) mass is 359 g/mol. The van der Waals surface area contributed by atoms with E-state index >= 15 is 0 Å². The highest BCUT2D eigenvalue weighted by Gasteiger charge is 2.33. The summed E-state index contributed by atoms with van der Waals surface area (Å²) in [5, 5.41) is 2.67. The van der Waals surface area contributed by atoms with Gasteiger partial charge in [0.15, 0.2) is 6.54 Å². The van der Waals surface area contributed by atoms with Crippen LogP contribution in [-0.2, 0) is 4.79 Å². The van der Waals surface area contributed by atoms with Gasteiger partial charge in [-0.15, -0.1) is 0 Å². The topological polar surface area (TPSA) is 52.0 Å². The molecule has 0 bridgehead atoms. The highest BCUT2D eigenvalue weighted by molar-refractivity contribution is 5.91. The molecule has 2 aromatic rings. The summed E-state index contributed by atoms with van der Waals surface area (Å²) in [6.45, 7) is 1.18. The van der Waals surface area contributed by atoms with E-state index in [-0.39, 0.29) is 24.2 Å². The molecule has 2 N–H and O–H groups in total. The van der Waals surface area contributed by atoms with Gasteiger partial charge in [-0.1, -0.05) is 12.1 Å². The van der Waals surface area contributed by atoms with Crippen LogP contribution in [0, 0.1) is 5.82 Å². The molecule has 0 saturated carbocycles. The van der Waals surface area contributed by atoms with Crippen LogP contribution < -0.4 is 19.7 Å². The van der Waals surface area contributed by atoms with Crippen molar-refractivity contribution in [2.24, 2.45) is 0 Å². The molecular weight excluding hydrogens is 335 g/mol. The molecule has 5 nitrogen and oxygen atoms in total. The molecule has 0 spiro atoms. The fraction of sp³-hybridized carbons (Fsp3) is 0.350. The number of anilines is 1. The molecule has 0 aromatic heterocycles. The van der Waals surface area contributed by atoms with Crippen LogP contribution in [0.3, 0.4) is 0 Å². The van der Waals surface area contributed by atoms with Gasteiger partial charge in [-0.3, -0.25) is 4.79 Å². The average Bonchev–Trinajstić information content (AvgIpc) is 3.10. The zero-order valence-corrected chi connectivity index (χ0v) is 15.0. The fourth-order valence-electron chi connectivity index (χ4n) is 3.57. The first-order chi connectivity index (χ1) is 12.6. The lowest BCUT2D eigenvalue weighted by Crippen LogP contribution is -3.11. The standard InChI is InChI=1S/C20H23FN2O3/c1-25-14-9-10-15(19(12-14)26-2)18-8-5-11-23(18)13-20(24)22-17-7-4-3-6-16(17)21/h3-4,6-7,9-10,12,18H,5,8,11,13H2,1-2H3,(H,22,24)/p+1/t18-/m0/s1. The molecule has 6 heteroatoms. The normalized spacial score (nSPS) is 19.2. The number of para-hydroxylation sites is 1. The Balaban J connectivity index is 1.72. The van der Waals surface area contributed by atoms with Crippen molar-refractivity contribution in [3.63, 3.8) is 0 Å². The number of likely N-dealkylation sites (tertiary alicyclic amines) is 1. The first-order valence-electron chi connectivity index (χ1n) is 8.73. The Morgan fingerprint density at radius 2 is 2.04 bits per heavy atom. The van der Waals surface area contributed by atoms with Gasteiger partial charge in [0.25, 0.3) is 5.91 Å². The third-order valence-corrected chi connectivity index (χ3v) is 4.84. The third-order valence-electron chi connectivity index (χ3n) is 4.84. The lowest BCUT2D eigenvalue weighted by molar-refractivity contribution is -0.910. The lowest BCUT2D eigenvalue weighted by Gasteiger charge is -2.23. The van der Waals surface area contributed by atoms with Gasteiger partial charge in [0.05, 0.1) is 32.0 Å². The minimum Gasteiger partial charge on any atom is -0.497 e. The van der Waals surface area contributed by atoms with Gasteiger partial charge in [-0.2, -0.15) is 0 Å². The molecule has 1 heterocycles. The predicted octanol–water partition coefficient (Wildman–Crippen LogP) is 2.20. The maximum Gasteiger partial charge on any atom is 0.279 e. The van der Waals surface area contributed by atoms with Crippen LogP contribution in [0.2, 0.25) is 0 Å². The molecule has 1 fully saturated rings. The average molecular weight is 359 g/mol. The van der Waals surface area contributed by atoms with Gasteiger partial charge >= 0.3 is 0 Å². The van der Waals surface area contributed by atoms with E-state index in [1.165, 1.54) is 6.07 Å². The molecule has 2 atom stereocenters. The van der Waals surface area contributed by atoms with E-state index in [1.54, 1.807) is 32.4 Å². The number of amides is 1. The van der Waals surface area contributed by atoms with Gasteiger partial charge in [0.2, 0.25) is 0 Å². The summed E-state index contributed by atoms with van der Waals surface area (Å²) in [6.07, 6.45) is 2.01. The SMILES string of the molecule is COc1ccc([C@@H]2CCC[NH+]2CC(=O)Nc2ccccc2F)c(OC)c1. The van der Waals surface area contributed by atoms with Gasteiger partial charge in [0, 0.05) is 18.9 Å². The van der Waals surface area contributed by atoms with E-state index in [4.69, 9.17) is 9.47 Å². The molecule has 1 aliphatic heterocycles. The van der Waals surface area contributed by atoms with E-state index < -0.39 is 5.82 Å². The van der Waals surface area contributed by atoms with Crippen LogP contribution in [0.25, 0.3) is 0 Å². The molecule has 1 aliphatic rings. The predicted molar refractivity (Wildman–Crippen MR) is 97.2 cm³/mol. The Labute approximate surface area is 152 Å². The first kappa shape index (κ1) is 18.2. The Morgan fingerprint density at radius 3 is 2.77 bits per heavy atom. The maximum atomic E-state index is 13.7. The second-order valence-electron chi connectivity index (χ2n) is 6.42. The van der Waals surface area contributed by atoms with Crippen molar-refractivity contribution >= 4 is 11.6 Å². The Morgan fingerprint density at radius 1 is 1.23 bits per heavy atom. The van der Waals surface area contributed by atoms with E-state index in [9.17, 15) is 9.18 Å². The largest absolute Gasteiger partial charge is 0.497 e. The van der Waals surface area contributed by atoms with Crippen molar-refractivity contribution in [3.8, 4) is 11.5 Å². The number of nitrogens with one attached hydrogen (secondary N) is 2. The quantitative estimate of drug-likeness (QED) is 0.831. The van der Waals surface area contributed by atoms with Gasteiger partial charge in [-0.05, 0) is 24.3 Å². The number of benzene rings is 2. The number of quaternary nitrogens is 1. The van der Waals surface area contributed by atoms with E-state index in [2.05, 4.69) is 5.32 Å². The van der Waals surface area contributed by atoms with Gasteiger partial charge < -0.3 is 19.7 Å². The number of hydrogen-bond donors (Lipinski definition) is 2. The molecular formula is C20H24FN2O3+. The van der Waals surface area contributed by atoms with Crippen LogP contribution in [0.15, 0.2) is 42.5 Å². The van der Waals surface area contributed by atoms with E-state index in [0.717, 1.165) is 41.3 Å². The smallest absolute Gasteiger partial charge is 0.279 e. The minimum absolute atomic E-state index is 0.169. The molecule has 138 valence electrons.